The molecule has 2 rings (SSSR count). The SMILES string of the molecule is CCN(CC)S(=O)(=O)c1cccc(NCC(=O)Nc2ccc(F)cc2Cl)c1. The van der Waals surface area contributed by atoms with Crippen LogP contribution < -0.4 is 10.6 Å². The van der Waals surface area contributed by atoms with Crippen LogP contribution in [0.2, 0.25) is 5.02 Å². The first-order chi connectivity index (χ1) is 12.8. The molecule has 0 spiro atoms. The maximum Gasteiger partial charge on any atom is 0.243 e. The normalized spacial score (nSPS) is 11.4. The molecule has 27 heavy (non-hydrogen) atoms. The number of carbonyl (C=O) groups excluding carboxylic acids is 1. The molecule has 9 heteroatoms. The van der Waals surface area contributed by atoms with Crippen molar-refractivity contribution in [2.24, 2.45) is 0 Å². The summed E-state index contributed by atoms with van der Waals surface area (Å²) in [6, 6.07) is 9.92. The van der Waals surface area contributed by atoms with Crippen LogP contribution in [-0.4, -0.2) is 38.3 Å². The Morgan fingerprint density at radius 3 is 2.48 bits per heavy atom. The Morgan fingerprint density at radius 1 is 1.15 bits per heavy atom. The minimum absolute atomic E-state index is 0.0932. The van der Waals surface area contributed by atoms with Gasteiger partial charge in [-0.05, 0) is 36.4 Å². The van der Waals surface area contributed by atoms with Crippen LogP contribution in [0.1, 0.15) is 13.8 Å². The Bertz CT molecular complexity index is 918. The van der Waals surface area contributed by atoms with Crippen LogP contribution in [-0.2, 0) is 14.8 Å². The molecule has 2 N–H and O–H groups in total. The first-order valence-corrected chi connectivity index (χ1v) is 10.2. The van der Waals surface area contributed by atoms with Crippen molar-refractivity contribution in [3.05, 3.63) is 53.3 Å². The van der Waals surface area contributed by atoms with E-state index in [0.29, 0.717) is 24.5 Å². The smallest absolute Gasteiger partial charge is 0.243 e. The van der Waals surface area contributed by atoms with Crippen LogP contribution in [0.15, 0.2) is 47.4 Å². The van der Waals surface area contributed by atoms with Gasteiger partial charge in [0.15, 0.2) is 0 Å². The molecule has 1 amide bonds. The Morgan fingerprint density at radius 2 is 1.85 bits per heavy atom. The molecule has 0 unspecified atom stereocenters. The van der Waals surface area contributed by atoms with Crippen molar-refractivity contribution in [2.75, 3.05) is 30.3 Å². The highest BCUT2D eigenvalue weighted by Gasteiger charge is 2.21. The number of sulfonamides is 1. The fourth-order valence-electron chi connectivity index (χ4n) is 2.45. The van der Waals surface area contributed by atoms with Crippen molar-refractivity contribution < 1.29 is 17.6 Å². The molecule has 0 radical (unpaired) electrons. The topological polar surface area (TPSA) is 78.5 Å². The number of hydrogen-bond donors (Lipinski definition) is 2. The second-order valence-corrected chi connectivity index (χ2v) is 7.99. The highest BCUT2D eigenvalue weighted by atomic mass is 35.5. The standard InChI is InChI=1S/C18H21ClFN3O3S/c1-3-23(4-2)27(25,26)15-7-5-6-14(11-15)21-12-18(24)22-17-9-8-13(20)10-16(17)19/h5-11,21H,3-4,12H2,1-2H3,(H,22,24). The third kappa shape index (κ3) is 5.41. The zero-order valence-corrected chi connectivity index (χ0v) is 16.6. The summed E-state index contributed by atoms with van der Waals surface area (Å²) < 4.78 is 39.5. The van der Waals surface area contributed by atoms with Crippen molar-refractivity contribution in [1.29, 1.82) is 0 Å². The van der Waals surface area contributed by atoms with E-state index in [4.69, 9.17) is 11.6 Å². The number of nitrogens with one attached hydrogen (secondary N) is 2. The van der Waals surface area contributed by atoms with E-state index in [2.05, 4.69) is 10.6 Å². The lowest BCUT2D eigenvalue weighted by Crippen LogP contribution is -2.30. The van der Waals surface area contributed by atoms with Gasteiger partial charge in [0.1, 0.15) is 5.82 Å². The molecule has 0 aliphatic carbocycles. The molecule has 0 heterocycles. The fraction of sp³-hybridized carbons (Fsp3) is 0.278. The molecule has 0 aliphatic heterocycles. The van der Waals surface area contributed by atoms with E-state index in [9.17, 15) is 17.6 Å². The molecular weight excluding hydrogens is 393 g/mol. The molecule has 0 atom stereocenters. The minimum Gasteiger partial charge on any atom is -0.376 e. The molecule has 2 aromatic carbocycles. The van der Waals surface area contributed by atoms with E-state index < -0.39 is 21.7 Å². The van der Waals surface area contributed by atoms with E-state index in [1.807, 2.05) is 0 Å². The Labute approximate surface area is 163 Å². The van der Waals surface area contributed by atoms with Gasteiger partial charge in [-0.3, -0.25) is 4.79 Å². The summed E-state index contributed by atoms with van der Waals surface area (Å²) in [7, 11) is -3.58. The molecule has 0 saturated heterocycles. The second kappa shape index (κ2) is 9.16. The van der Waals surface area contributed by atoms with Crippen molar-refractivity contribution in [3.8, 4) is 0 Å². The van der Waals surface area contributed by atoms with E-state index in [1.165, 1.54) is 28.6 Å². The number of carbonyl (C=O) groups is 1. The highest BCUT2D eigenvalue weighted by molar-refractivity contribution is 7.89. The maximum absolute atomic E-state index is 13.0. The average molecular weight is 414 g/mol. The molecular formula is C18H21ClFN3O3S. The summed E-state index contributed by atoms with van der Waals surface area (Å²) >= 11 is 5.87. The van der Waals surface area contributed by atoms with Crippen molar-refractivity contribution in [3.63, 3.8) is 0 Å². The lowest BCUT2D eigenvalue weighted by Gasteiger charge is -2.19. The highest BCUT2D eigenvalue weighted by Crippen LogP contribution is 2.22. The number of hydrogen-bond acceptors (Lipinski definition) is 4. The fourth-order valence-corrected chi connectivity index (χ4v) is 4.17. The first-order valence-electron chi connectivity index (χ1n) is 8.37. The predicted molar refractivity (Wildman–Crippen MR) is 105 cm³/mol. The van der Waals surface area contributed by atoms with Crippen molar-refractivity contribution in [2.45, 2.75) is 18.7 Å². The number of halogens is 2. The number of anilines is 2. The van der Waals surface area contributed by atoms with Gasteiger partial charge >= 0.3 is 0 Å². The van der Waals surface area contributed by atoms with Gasteiger partial charge in [0.2, 0.25) is 15.9 Å². The van der Waals surface area contributed by atoms with Crippen LogP contribution in [0, 0.1) is 5.82 Å². The van der Waals surface area contributed by atoms with Crippen LogP contribution in [0.4, 0.5) is 15.8 Å². The summed E-state index contributed by atoms with van der Waals surface area (Å²) in [5, 5.41) is 5.53. The number of rotatable bonds is 8. The lowest BCUT2D eigenvalue weighted by atomic mass is 10.3. The summed E-state index contributed by atoms with van der Waals surface area (Å²) in [5.74, 6) is -0.900. The average Bonchev–Trinajstić information content (AvgIpc) is 2.63. The van der Waals surface area contributed by atoms with Gasteiger partial charge in [0.25, 0.3) is 0 Å². The molecule has 6 nitrogen and oxygen atoms in total. The lowest BCUT2D eigenvalue weighted by molar-refractivity contribution is -0.114. The van der Waals surface area contributed by atoms with E-state index in [0.717, 1.165) is 6.07 Å². The largest absolute Gasteiger partial charge is 0.376 e. The van der Waals surface area contributed by atoms with Crippen LogP contribution in [0.3, 0.4) is 0 Å². The molecule has 0 aliphatic rings. The van der Waals surface area contributed by atoms with Crippen LogP contribution in [0.25, 0.3) is 0 Å². The van der Waals surface area contributed by atoms with Gasteiger partial charge in [-0.1, -0.05) is 31.5 Å². The van der Waals surface area contributed by atoms with Crippen LogP contribution in [0.5, 0.6) is 0 Å². The zero-order chi connectivity index (χ0) is 20.0. The second-order valence-electron chi connectivity index (χ2n) is 5.64. The van der Waals surface area contributed by atoms with Gasteiger partial charge in [0, 0.05) is 18.8 Å². The van der Waals surface area contributed by atoms with Crippen molar-refractivity contribution >= 4 is 38.9 Å². The molecule has 0 aromatic heterocycles. The predicted octanol–water partition coefficient (Wildman–Crippen LogP) is 3.56. The Balaban J connectivity index is 2.05. The number of nitrogens with zero attached hydrogens (tertiary/aromatic N) is 1. The third-order valence-corrected chi connectivity index (χ3v) is 6.19. The monoisotopic (exact) mass is 413 g/mol. The Hall–Kier alpha value is -2.16. The number of amides is 1. The van der Waals surface area contributed by atoms with Gasteiger partial charge in [0.05, 0.1) is 22.2 Å². The van der Waals surface area contributed by atoms with Gasteiger partial charge in [-0.25, -0.2) is 12.8 Å². The summed E-state index contributed by atoms with van der Waals surface area (Å²) in [6.45, 7) is 4.18. The van der Waals surface area contributed by atoms with E-state index in [-0.39, 0.29) is 16.5 Å². The van der Waals surface area contributed by atoms with Crippen LogP contribution >= 0.6 is 11.6 Å². The van der Waals surface area contributed by atoms with Gasteiger partial charge in [-0.15, -0.1) is 0 Å². The maximum atomic E-state index is 13.0. The summed E-state index contributed by atoms with van der Waals surface area (Å²) in [6.07, 6.45) is 0. The molecule has 2 aromatic rings. The molecule has 0 bridgehead atoms. The number of benzene rings is 2. The van der Waals surface area contributed by atoms with Gasteiger partial charge in [-0.2, -0.15) is 4.31 Å². The summed E-state index contributed by atoms with van der Waals surface area (Å²) in [5.41, 5.74) is 0.784. The first kappa shape index (κ1) is 21.1. The third-order valence-electron chi connectivity index (χ3n) is 3.84. The Kier molecular flexibility index (Phi) is 7.18. The molecule has 146 valence electrons. The minimum atomic E-state index is -3.58. The quantitative estimate of drug-likeness (QED) is 0.693. The van der Waals surface area contributed by atoms with E-state index >= 15 is 0 Å². The summed E-state index contributed by atoms with van der Waals surface area (Å²) in [4.78, 5) is 12.2. The van der Waals surface area contributed by atoms with Crippen molar-refractivity contribution in [1.82, 2.24) is 4.31 Å². The zero-order valence-electron chi connectivity index (χ0n) is 15.0. The van der Waals surface area contributed by atoms with E-state index in [1.54, 1.807) is 26.0 Å². The van der Waals surface area contributed by atoms with Gasteiger partial charge < -0.3 is 10.6 Å². The molecule has 0 saturated carbocycles. The molecule has 0 fully saturated rings.